The van der Waals surface area contributed by atoms with Crippen LogP contribution in [0.25, 0.3) is 0 Å². The fourth-order valence-corrected chi connectivity index (χ4v) is 3.04. The molecule has 3 saturated heterocycles. The van der Waals surface area contributed by atoms with E-state index in [0.29, 0.717) is 18.0 Å². The molecule has 0 aromatic heterocycles. The Hall–Kier alpha value is -0.770. The topological polar surface area (TPSA) is 35.6 Å². The zero-order valence-electron chi connectivity index (χ0n) is 13.1. The van der Waals surface area contributed by atoms with Crippen molar-refractivity contribution in [3.8, 4) is 0 Å². The van der Waals surface area contributed by atoms with E-state index in [9.17, 15) is 4.79 Å². The lowest BCUT2D eigenvalue weighted by atomic mass is 9.84. The molecule has 0 aliphatic carbocycles. The first-order valence-electron chi connectivity index (χ1n) is 7.66. The fraction of sp³-hybridized carbons (Fsp3) is 0.933. The van der Waals surface area contributed by atoms with E-state index in [4.69, 9.17) is 0 Å². The Labute approximate surface area is 117 Å². The van der Waals surface area contributed by atoms with Crippen LogP contribution in [0.1, 0.15) is 47.5 Å². The standard InChI is InChI=1S/C15H29N3O/c1-6-15(4,5)17-9-12-7-13(10-17)18(12)14(19)16-8-11(2)3/h11-13H,6-10H2,1-5H3,(H,16,19). The number of nitrogens with one attached hydrogen (secondary N) is 1. The van der Waals surface area contributed by atoms with Crippen LogP contribution in [-0.4, -0.2) is 53.1 Å². The van der Waals surface area contributed by atoms with E-state index in [0.717, 1.165) is 26.1 Å². The highest BCUT2D eigenvalue weighted by molar-refractivity contribution is 5.76. The highest BCUT2D eigenvalue weighted by atomic mass is 16.2. The van der Waals surface area contributed by atoms with Crippen molar-refractivity contribution in [2.24, 2.45) is 5.92 Å². The smallest absolute Gasteiger partial charge is 0.318 e. The molecule has 4 heteroatoms. The highest BCUT2D eigenvalue weighted by Gasteiger charge is 2.49. The Balaban J connectivity index is 1.88. The molecule has 0 radical (unpaired) electrons. The number of nitrogens with zero attached hydrogens (tertiary/aromatic N) is 2. The molecule has 2 amide bonds. The second-order valence-corrected chi connectivity index (χ2v) is 7.10. The molecule has 2 unspecified atom stereocenters. The zero-order chi connectivity index (χ0) is 14.2. The Kier molecular flexibility index (Phi) is 4.09. The number of carbonyl (C=O) groups excluding carboxylic acids is 1. The van der Waals surface area contributed by atoms with E-state index in [-0.39, 0.29) is 11.6 Å². The van der Waals surface area contributed by atoms with Crippen LogP contribution in [0.2, 0.25) is 0 Å². The van der Waals surface area contributed by atoms with Crippen LogP contribution in [0, 0.1) is 5.92 Å². The molecular formula is C15H29N3O. The number of urea groups is 1. The first kappa shape index (κ1) is 14.6. The summed E-state index contributed by atoms with van der Waals surface area (Å²) >= 11 is 0. The van der Waals surface area contributed by atoms with Gasteiger partial charge in [0.15, 0.2) is 0 Å². The van der Waals surface area contributed by atoms with Gasteiger partial charge < -0.3 is 10.2 Å². The number of piperidine rings is 1. The van der Waals surface area contributed by atoms with Crippen LogP contribution in [0.15, 0.2) is 0 Å². The van der Waals surface area contributed by atoms with Crippen molar-refractivity contribution in [3.63, 3.8) is 0 Å². The van der Waals surface area contributed by atoms with Gasteiger partial charge in [0.2, 0.25) is 0 Å². The van der Waals surface area contributed by atoms with Gasteiger partial charge in [-0.15, -0.1) is 0 Å². The molecule has 2 bridgehead atoms. The van der Waals surface area contributed by atoms with Crippen molar-refractivity contribution < 1.29 is 4.79 Å². The van der Waals surface area contributed by atoms with Gasteiger partial charge in [0.05, 0.1) is 0 Å². The van der Waals surface area contributed by atoms with Crippen LogP contribution in [0.5, 0.6) is 0 Å². The quantitative estimate of drug-likeness (QED) is 0.848. The molecular weight excluding hydrogens is 238 g/mol. The van der Waals surface area contributed by atoms with Gasteiger partial charge in [-0.2, -0.15) is 0 Å². The Morgan fingerprint density at radius 3 is 2.37 bits per heavy atom. The highest BCUT2D eigenvalue weighted by Crippen LogP contribution is 2.36. The number of piperazine rings is 1. The number of fused-ring (bicyclic) bond motifs is 2. The molecule has 110 valence electrons. The van der Waals surface area contributed by atoms with E-state index >= 15 is 0 Å². The Bertz CT molecular complexity index is 328. The average Bonchev–Trinajstić information content (AvgIpc) is 2.36. The van der Waals surface area contributed by atoms with E-state index in [2.05, 4.69) is 49.7 Å². The minimum atomic E-state index is 0.143. The molecule has 1 N–H and O–H groups in total. The van der Waals surface area contributed by atoms with Gasteiger partial charge in [-0.05, 0) is 32.6 Å². The third kappa shape index (κ3) is 2.88. The van der Waals surface area contributed by atoms with E-state index in [1.165, 1.54) is 6.42 Å². The molecule has 2 atom stereocenters. The number of hydrogen-bond donors (Lipinski definition) is 1. The molecule has 3 aliphatic rings. The summed E-state index contributed by atoms with van der Waals surface area (Å²) in [6, 6.07) is 0.998. The molecule has 3 aliphatic heterocycles. The normalized spacial score (nSPS) is 27.4. The third-order valence-electron chi connectivity index (χ3n) is 4.81. The largest absolute Gasteiger partial charge is 0.338 e. The Morgan fingerprint density at radius 2 is 1.89 bits per heavy atom. The van der Waals surface area contributed by atoms with Crippen molar-refractivity contribution >= 4 is 6.03 Å². The summed E-state index contributed by atoms with van der Waals surface area (Å²) in [5.74, 6) is 0.514. The van der Waals surface area contributed by atoms with Crippen LogP contribution < -0.4 is 5.32 Å². The summed E-state index contributed by atoms with van der Waals surface area (Å²) in [6.07, 6.45) is 2.34. The second-order valence-electron chi connectivity index (χ2n) is 7.10. The van der Waals surface area contributed by atoms with Crippen molar-refractivity contribution in [1.29, 1.82) is 0 Å². The zero-order valence-corrected chi connectivity index (χ0v) is 13.1. The summed E-state index contributed by atoms with van der Waals surface area (Å²) in [5, 5.41) is 3.05. The summed E-state index contributed by atoms with van der Waals surface area (Å²) in [4.78, 5) is 16.8. The maximum Gasteiger partial charge on any atom is 0.318 e. The number of hydrogen-bond acceptors (Lipinski definition) is 2. The summed E-state index contributed by atoms with van der Waals surface area (Å²) < 4.78 is 0. The number of rotatable bonds is 4. The summed E-state index contributed by atoms with van der Waals surface area (Å²) in [6.45, 7) is 14.0. The van der Waals surface area contributed by atoms with Crippen LogP contribution in [0.4, 0.5) is 4.79 Å². The molecule has 0 aromatic carbocycles. The lowest BCUT2D eigenvalue weighted by molar-refractivity contribution is -0.0718. The van der Waals surface area contributed by atoms with Gasteiger partial charge >= 0.3 is 6.03 Å². The molecule has 4 nitrogen and oxygen atoms in total. The van der Waals surface area contributed by atoms with Crippen LogP contribution in [0.3, 0.4) is 0 Å². The van der Waals surface area contributed by atoms with Crippen molar-refractivity contribution in [2.75, 3.05) is 19.6 Å². The van der Waals surface area contributed by atoms with Crippen molar-refractivity contribution in [2.45, 2.75) is 65.1 Å². The van der Waals surface area contributed by atoms with Crippen molar-refractivity contribution in [1.82, 2.24) is 15.1 Å². The second kappa shape index (κ2) is 5.31. The lowest BCUT2D eigenvalue weighted by Gasteiger charge is -2.59. The molecule has 0 aromatic rings. The molecule has 3 rings (SSSR count). The van der Waals surface area contributed by atoms with E-state index < -0.39 is 0 Å². The minimum absolute atomic E-state index is 0.143. The summed E-state index contributed by atoms with van der Waals surface area (Å²) in [7, 11) is 0. The summed E-state index contributed by atoms with van der Waals surface area (Å²) in [5.41, 5.74) is 0.261. The molecule has 3 heterocycles. The fourth-order valence-electron chi connectivity index (χ4n) is 3.04. The molecule has 0 spiro atoms. The number of carbonyl (C=O) groups is 1. The van der Waals surface area contributed by atoms with Crippen LogP contribution >= 0.6 is 0 Å². The predicted octanol–water partition coefficient (Wildman–Crippen LogP) is 2.30. The van der Waals surface area contributed by atoms with Gasteiger partial charge in [0, 0.05) is 37.3 Å². The maximum atomic E-state index is 12.2. The SMILES string of the molecule is CCC(C)(C)N1CC2CC(C1)N2C(=O)NCC(C)C. The number of amides is 2. The van der Waals surface area contributed by atoms with Gasteiger partial charge in [0.25, 0.3) is 0 Å². The van der Waals surface area contributed by atoms with Gasteiger partial charge in [-0.3, -0.25) is 4.90 Å². The van der Waals surface area contributed by atoms with Crippen LogP contribution in [-0.2, 0) is 0 Å². The first-order valence-corrected chi connectivity index (χ1v) is 7.66. The first-order chi connectivity index (χ1) is 8.85. The Morgan fingerprint density at radius 1 is 1.32 bits per heavy atom. The minimum Gasteiger partial charge on any atom is -0.338 e. The monoisotopic (exact) mass is 267 g/mol. The predicted molar refractivity (Wildman–Crippen MR) is 78.2 cm³/mol. The average molecular weight is 267 g/mol. The molecule has 0 saturated carbocycles. The molecule has 19 heavy (non-hydrogen) atoms. The van der Waals surface area contributed by atoms with Gasteiger partial charge in [0.1, 0.15) is 0 Å². The van der Waals surface area contributed by atoms with Gasteiger partial charge in [-0.1, -0.05) is 20.8 Å². The maximum absolute atomic E-state index is 12.2. The van der Waals surface area contributed by atoms with Gasteiger partial charge in [-0.25, -0.2) is 4.79 Å². The van der Waals surface area contributed by atoms with E-state index in [1.807, 2.05) is 0 Å². The van der Waals surface area contributed by atoms with Crippen molar-refractivity contribution in [3.05, 3.63) is 0 Å². The van der Waals surface area contributed by atoms with E-state index in [1.54, 1.807) is 0 Å². The lowest BCUT2D eigenvalue weighted by Crippen LogP contribution is -2.73. The molecule has 3 fully saturated rings. The third-order valence-corrected chi connectivity index (χ3v) is 4.81.